The predicted octanol–water partition coefficient (Wildman–Crippen LogP) is 3.44. The fraction of sp³-hybridized carbons (Fsp3) is 0.400. The minimum absolute atomic E-state index is 0.198. The molecule has 0 spiro atoms. The molecule has 0 saturated heterocycles. The molecule has 1 rings (SSSR count). The van der Waals surface area contributed by atoms with Gasteiger partial charge < -0.3 is 4.74 Å². The highest BCUT2D eigenvalue weighted by Gasteiger charge is 2.22. The number of carbonyl (C=O) groups is 1. The van der Waals surface area contributed by atoms with E-state index in [1.54, 1.807) is 6.08 Å². The molecule has 92 valence electrons. The molecule has 0 heterocycles. The number of methoxy groups -OCH3 is 1. The van der Waals surface area contributed by atoms with Crippen LogP contribution in [0.4, 0.5) is 0 Å². The summed E-state index contributed by atoms with van der Waals surface area (Å²) in [6, 6.07) is 4.19. The number of allylic oxidation sites excluding steroid dienone is 1. The first-order valence-corrected chi connectivity index (χ1v) is 5.77. The molecule has 0 radical (unpaired) electrons. The molecular weight excluding hydrogens is 212 g/mol. The van der Waals surface area contributed by atoms with Crippen LogP contribution in [0.15, 0.2) is 24.8 Å². The zero-order valence-corrected chi connectivity index (χ0v) is 11.0. The van der Waals surface area contributed by atoms with Crippen molar-refractivity contribution in [3.05, 3.63) is 47.0 Å². The molecule has 0 aliphatic carbocycles. The lowest BCUT2D eigenvalue weighted by Gasteiger charge is -2.17. The van der Waals surface area contributed by atoms with Crippen LogP contribution in [0.5, 0.6) is 0 Å². The van der Waals surface area contributed by atoms with Crippen LogP contribution in [0.2, 0.25) is 0 Å². The Morgan fingerprint density at radius 2 is 1.88 bits per heavy atom. The molecule has 0 aliphatic rings. The zero-order chi connectivity index (χ0) is 13.0. The van der Waals surface area contributed by atoms with Crippen molar-refractivity contribution in [2.45, 2.75) is 33.1 Å². The summed E-state index contributed by atoms with van der Waals surface area (Å²) in [6.07, 6.45) is 2.37. The molecule has 1 unspecified atom stereocenters. The lowest BCUT2D eigenvalue weighted by Crippen LogP contribution is -2.15. The van der Waals surface area contributed by atoms with Gasteiger partial charge in [-0.2, -0.15) is 0 Å². The van der Waals surface area contributed by atoms with Crippen molar-refractivity contribution in [2.24, 2.45) is 0 Å². The standard InChI is InChI=1S/C15H20O2/c1-6-7-13(15(16)17-5)14-9-11(3)10(2)8-12(14)4/h6,8-9,13H,1,7H2,2-5H3. The topological polar surface area (TPSA) is 26.3 Å². The van der Waals surface area contributed by atoms with Gasteiger partial charge in [-0.1, -0.05) is 18.2 Å². The van der Waals surface area contributed by atoms with E-state index >= 15 is 0 Å². The van der Waals surface area contributed by atoms with E-state index in [1.807, 2.05) is 6.92 Å². The number of benzene rings is 1. The fourth-order valence-electron chi connectivity index (χ4n) is 2.02. The van der Waals surface area contributed by atoms with Crippen LogP contribution < -0.4 is 0 Å². The van der Waals surface area contributed by atoms with E-state index in [0.29, 0.717) is 6.42 Å². The quantitative estimate of drug-likeness (QED) is 0.587. The number of hydrogen-bond acceptors (Lipinski definition) is 2. The molecule has 0 fully saturated rings. The molecule has 0 amide bonds. The predicted molar refractivity (Wildman–Crippen MR) is 70.2 cm³/mol. The molecular formula is C15H20O2. The van der Waals surface area contributed by atoms with Gasteiger partial charge in [-0.15, -0.1) is 6.58 Å². The number of aryl methyl sites for hydroxylation is 3. The van der Waals surface area contributed by atoms with Gasteiger partial charge in [0, 0.05) is 0 Å². The van der Waals surface area contributed by atoms with E-state index in [9.17, 15) is 4.79 Å². The van der Waals surface area contributed by atoms with Crippen molar-refractivity contribution >= 4 is 5.97 Å². The molecule has 17 heavy (non-hydrogen) atoms. The minimum Gasteiger partial charge on any atom is -0.469 e. The van der Waals surface area contributed by atoms with Crippen molar-refractivity contribution < 1.29 is 9.53 Å². The Balaban J connectivity index is 3.22. The second-order valence-electron chi connectivity index (χ2n) is 4.39. The smallest absolute Gasteiger partial charge is 0.313 e. The van der Waals surface area contributed by atoms with E-state index in [-0.39, 0.29) is 11.9 Å². The Morgan fingerprint density at radius 1 is 1.29 bits per heavy atom. The third-order valence-corrected chi connectivity index (χ3v) is 3.15. The van der Waals surface area contributed by atoms with E-state index < -0.39 is 0 Å². The lowest BCUT2D eigenvalue weighted by molar-refractivity contribution is -0.142. The van der Waals surface area contributed by atoms with Gasteiger partial charge in [0.1, 0.15) is 0 Å². The maximum absolute atomic E-state index is 11.8. The van der Waals surface area contributed by atoms with Gasteiger partial charge in [-0.05, 0) is 49.4 Å². The largest absolute Gasteiger partial charge is 0.469 e. The number of carbonyl (C=O) groups excluding carboxylic acids is 1. The van der Waals surface area contributed by atoms with Crippen molar-refractivity contribution in [1.29, 1.82) is 0 Å². The number of ether oxygens (including phenoxy) is 1. The summed E-state index contributed by atoms with van der Waals surface area (Å²) in [4.78, 5) is 11.8. The van der Waals surface area contributed by atoms with Crippen molar-refractivity contribution in [3.63, 3.8) is 0 Å². The summed E-state index contributed by atoms with van der Waals surface area (Å²) in [7, 11) is 1.43. The Kier molecular flexibility index (Phi) is 4.50. The van der Waals surface area contributed by atoms with E-state index in [2.05, 4.69) is 32.6 Å². The Labute approximate surface area is 103 Å². The molecule has 0 aromatic heterocycles. The van der Waals surface area contributed by atoms with Crippen LogP contribution in [0.3, 0.4) is 0 Å². The van der Waals surface area contributed by atoms with Crippen LogP contribution in [0.25, 0.3) is 0 Å². The van der Waals surface area contributed by atoms with Gasteiger partial charge in [0.15, 0.2) is 0 Å². The van der Waals surface area contributed by atoms with E-state index in [1.165, 1.54) is 18.2 Å². The monoisotopic (exact) mass is 232 g/mol. The molecule has 1 aromatic carbocycles. The zero-order valence-electron chi connectivity index (χ0n) is 11.0. The van der Waals surface area contributed by atoms with Gasteiger partial charge in [0.2, 0.25) is 0 Å². The third-order valence-electron chi connectivity index (χ3n) is 3.15. The van der Waals surface area contributed by atoms with E-state index in [4.69, 9.17) is 4.74 Å². The van der Waals surface area contributed by atoms with Crippen molar-refractivity contribution in [2.75, 3.05) is 7.11 Å². The SMILES string of the molecule is C=CCC(C(=O)OC)c1cc(C)c(C)cc1C. The highest BCUT2D eigenvalue weighted by molar-refractivity contribution is 5.79. The molecule has 0 saturated carbocycles. The molecule has 1 atom stereocenters. The molecule has 0 N–H and O–H groups in total. The molecule has 2 heteroatoms. The van der Waals surface area contributed by atoms with Gasteiger partial charge in [-0.3, -0.25) is 4.79 Å². The molecule has 0 bridgehead atoms. The van der Waals surface area contributed by atoms with Crippen molar-refractivity contribution in [3.8, 4) is 0 Å². The lowest BCUT2D eigenvalue weighted by atomic mass is 9.89. The third kappa shape index (κ3) is 2.96. The summed E-state index contributed by atoms with van der Waals surface area (Å²) >= 11 is 0. The minimum atomic E-state index is -0.239. The molecule has 2 nitrogen and oxygen atoms in total. The Hall–Kier alpha value is -1.57. The van der Waals surface area contributed by atoms with Gasteiger partial charge in [0.25, 0.3) is 0 Å². The average Bonchev–Trinajstić information content (AvgIpc) is 2.30. The Morgan fingerprint density at radius 3 is 2.41 bits per heavy atom. The maximum Gasteiger partial charge on any atom is 0.313 e. The first-order valence-electron chi connectivity index (χ1n) is 5.77. The number of rotatable bonds is 4. The van der Waals surface area contributed by atoms with Crippen molar-refractivity contribution in [1.82, 2.24) is 0 Å². The first-order chi connectivity index (χ1) is 8.01. The van der Waals surface area contributed by atoms with Crippen LogP contribution in [-0.2, 0) is 9.53 Å². The summed E-state index contributed by atoms with van der Waals surface area (Å²) in [6.45, 7) is 9.87. The Bertz CT molecular complexity index is 433. The van der Waals surface area contributed by atoms with Gasteiger partial charge >= 0.3 is 5.97 Å². The summed E-state index contributed by atoms with van der Waals surface area (Å²) < 4.78 is 4.86. The summed E-state index contributed by atoms with van der Waals surface area (Å²) in [5.74, 6) is -0.437. The molecule has 1 aromatic rings. The summed E-state index contributed by atoms with van der Waals surface area (Å²) in [5, 5.41) is 0. The van der Waals surface area contributed by atoms with Crippen LogP contribution in [0.1, 0.15) is 34.6 Å². The average molecular weight is 232 g/mol. The fourth-order valence-corrected chi connectivity index (χ4v) is 2.02. The summed E-state index contributed by atoms with van der Waals surface area (Å²) in [5.41, 5.74) is 4.61. The highest BCUT2D eigenvalue weighted by Crippen LogP contribution is 2.27. The number of esters is 1. The van der Waals surface area contributed by atoms with E-state index in [0.717, 1.165) is 11.1 Å². The second kappa shape index (κ2) is 5.67. The van der Waals surface area contributed by atoms with Gasteiger partial charge in [-0.25, -0.2) is 0 Å². The highest BCUT2D eigenvalue weighted by atomic mass is 16.5. The number of hydrogen-bond donors (Lipinski definition) is 0. The molecule has 0 aliphatic heterocycles. The van der Waals surface area contributed by atoms with Crippen LogP contribution in [0, 0.1) is 20.8 Å². The van der Waals surface area contributed by atoms with Gasteiger partial charge in [0.05, 0.1) is 13.0 Å². The first kappa shape index (κ1) is 13.5. The van der Waals surface area contributed by atoms with Crippen LogP contribution in [-0.4, -0.2) is 13.1 Å². The second-order valence-corrected chi connectivity index (χ2v) is 4.39. The maximum atomic E-state index is 11.8. The normalized spacial score (nSPS) is 12.0. The van der Waals surface area contributed by atoms with Crippen LogP contribution >= 0.6 is 0 Å².